The fourth-order valence-electron chi connectivity index (χ4n) is 3.24. The molecule has 4 atom stereocenters. The van der Waals surface area contributed by atoms with Gasteiger partial charge in [-0.05, 0) is 48.2 Å². The van der Waals surface area contributed by atoms with E-state index in [4.69, 9.17) is 16.3 Å². The minimum atomic E-state index is -1.17. The van der Waals surface area contributed by atoms with Crippen molar-refractivity contribution in [2.45, 2.75) is 37.7 Å². The quantitative estimate of drug-likeness (QED) is 0.641. The van der Waals surface area contributed by atoms with Crippen LogP contribution in [0, 0.1) is 0 Å². The lowest BCUT2D eigenvalue weighted by Crippen LogP contribution is -2.55. The number of rotatable bonds is 5. The summed E-state index contributed by atoms with van der Waals surface area (Å²) in [6.07, 6.45) is -2.59. The number of aliphatic hydroxyl groups is 3. The second-order valence-corrected chi connectivity index (χ2v) is 6.95. The number of β-amino-alcohol motifs (C(OH)–C–C–N with tert-alkyl or cyclic N) is 1. The molecule has 0 saturated carbocycles. The van der Waals surface area contributed by atoms with E-state index in [1.807, 2.05) is 43.3 Å². The lowest BCUT2D eigenvalue weighted by atomic mass is 9.89. The van der Waals surface area contributed by atoms with Crippen LogP contribution in [-0.2, 0) is 6.42 Å². The van der Waals surface area contributed by atoms with Crippen molar-refractivity contribution in [3.8, 4) is 5.75 Å². The van der Waals surface area contributed by atoms with Gasteiger partial charge in [-0.1, -0.05) is 35.9 Å². The Balaban J connectivity index is 1.79. The molecule has 1 aliphatic heterocycles. The Hall–Kier alpha value is -1.63. The average Bonchev–Trinajstić information content (AvgIpc) is 2.64. The Bertz CT molecular complexity index is 737. The molecule has 0 unspecified atom stereocenters. The highest BCUT2D eigenvalue weighted by Crippen LogP contribution is 2.29. The van der Waals surface area contributed by atoms with Crippen molar-refractivity contribution in [2.24, 2.45) is 0 Å². The third-order valence-electron chi connectivity index (χ3n) is 4.69. The first-order valence-electron chi connectivity index (χ1n) is 8.77. The number of nitrogens with one attached hydrogen (secondary N) is 1. The molecule has 3 rings (SSSR count). The summed E-state index contributed by atoms with van der Waals surface area (Å²) in [6.45, 7) is 2.80. The fourth-order valence-corrected chi connectivity index (χ4v) is 3.43. The Morgan fingerprint density at radius 1 is 1.08 bits per heavy atom. The van der Waals surface area contributed by atoms with Crippen LogP contribution >= 0.6 is 11.6 Å². The molecule has 26 heavy (non-hydrogen) atoms. The number of piperidine rings is 1. The standard InChI is InChI=1S/C20H24ClNO4/c1-2-26-15-6-3-12(4-7-15)9-14-10-13(5-8-16(14)21)18-20(25)19(24)17(23)11-22-18/h3-8,10,17-20,22-25H,2,9,11H2,1H3/t17-,18-,19-,20-/m0/s1. The SMILES string of the molecule is CCOc1ccc(Cc2cc([C@@H]3NC[C@H](O)[C@H](O)[C@H]3O)ccc2Cl)cc1. The summed E-state index contributed by atoms with van der Waals surface area (Å²) in [7, 11) is 0. The Kier molecular flexibility index (Phi) is 6.16. The normalized spacial score (nSPS) is 25.9. The second-order valence-electron chi connectivity index (χ2n) is 6.54. The zero-order valence-corrected chi connectivity index (χ0v) is 15.4. The van der Waals surface area contributed by atoms with Crippen LogP contribution < -0.4 is 10.1 Å². The summed E-state index contributed by atoms with van der Waals surface area (Å²) in [5.41, 5.74) is 2.86. The highest BCUT2D eigenvalue weighted by molar-refractivity contribution is 6.31. The largest absolute Gasteiger partial charge is 0.494 e. The van der Waals surface area contributed by atoms with Crippen molar-refractivity contribution < 1.29 is 20.1 Å². The van der Waals surface area contributed by atoms with Gasteiger partial charge in [0.25, 0.3) is 0 Å². The van der Waals surface area contributed by atoms with Crippen LogP contribution in [0.4, 0.5) is 0 Å². The summed E-state index contributed by atoms with van der Waals surface area (Å²) in [5.74, 6) is 0.832. The minimum Gasteiger partial charge on any atom is -0.494 e. The lowest BCUT2D eigenvalue weighted by Gasteiger charge is -2.36. The molecule has 0 aliphatic carbocycles. The first kappa shape index (κ1) is 19.1. The highest BCUT2D eigenvalue weighted by atomic mass is 35.5. The number of benzene rings is 2. The summed E-state index contributed by atoms with van der Waals surface area (Å²) >= 11 is 6.36. The monoisotopic (exact) mass is 377 g/mol. The number of hydrogen-bond donors (Lipinski definition) is 4. The van der Waals surface area contributed by atoms with E-state index in [0.29, 0.717) is 18.1 Å². The van der Waals surface area contributed by atoms with E-state index in [0.717, 1.165) is 22.4 Å². The van der Waals surface area contributed by atoms with E-state index in [9.17, 15) is 15.3 Å². The molecule has 0 aromatic heterocycles. The minimum absolute atomic E-state index is 0.222. The number of halogens is 1. The van der Waals surface area contributed by atoms with E-state index < -0.39 is 24.4 Å². The molecule has 6 heteroatoms. The molecule has 1 aliphatic rings. The zero-order valence-electron chi connectivity index (χ0n) is 14.6. The highest BCUT2D eigenvalue weighted by Gasteiger charge is 2.37. The maximum Gasteiger partial charge on any atom is 0.119 e. The van der Waals surface area contributed by atoms with Crippen molar-refractivity contribution in [1.29, 1.82) is 0 Å². The lowest BCUT2D eigenvalue weighted by molar-refractivity contribution is -0.0949. The van der Waals surface area contributed by atoms with Crippen LogP contribution in [-0.4, -0.2) is 46.8 Å². The van der Waals surface area contributed by atoms with Gasteiger partial charge in [0.1, 0.15) is 18.0 Å². The van der Waals surface area contributed by atoms with E-state index in [1.54, 1.807) is 6.07 Å². The fraction of sp³-hybridized carbons (Fsp3) is 0.400. The molecule has 2 aromatic rings. The molecule has 0 amide bonds. The third-order valence-corrected chi connectivity index (χ3v) is 5.06. The Morgan fingerprint density at radius 3 is 2.50 bits per heavy atom. The van der Waals surface area contributed by atoms with Gasteiger partial charge in [-0.25, -0.2) is 0 Å². The molecule has 140 valence electrons. The van der Waals surface area contributed by atoms with Crippen LogP contribution in [0.3, 0.4) is 0 Å². The molecular formula is C20H24ClNO4. The van der Waals surface area contributed by atoms with Crippen molar-refractivity contribution in [3.05, 3.63) is 64.2 Å². The average molecular weight is 378 g/mol. The van der Waals surface area contributed by atoms with Crippen LogP contribution in [0.5, 0.6) is 5.75 Å². The van der Waals surface area contributed by atoms with Crippen LogP contribution in [0.25, 0.3) is 0 Å². The molecule has 0 radical (unpaired) electrons. The molecule has 1 heterocycles. The predicted molar refractivity (Wildman–Crippen MR) is 101 cm³/mol. The number of aliphatic hydroxyl groups excluding tert-OH is 3. The molecule has 2 aromatic carbocycles. The van der Waals surface area contributed by atoms with Crippen LogP contribution in [0.15, 0.2) is 42.5 Å². The van der Waals surface area contributed by atoms with Crippen molar-refractivity contribution >= 4 is 11.6 Å². The van der Waals surface area contributed by atoms with Gasteiger partial charge in [0.2, 0.25) is 0 Å². The molecule has 0 bridgehead atoms. The first-order valence-corrected chi connectivity index (χ1v) is 9.15. The van der Waals surface area contributed by atoms with Gasteiger partial charge < -0.3 is 25.4 Å². The Labute approximate surface area is 158 Å². The maximum absolute atomic E-state index is 10.3. The molecule has 1 saturated heterocycles. The molecule has 5 nitrogen and oxygen atoms in total. The second kappa shape index (κ2) is 8.37. The number of hydrogen-bond acceptors (Lipinski definition) is 5. The molecule has 4 N–H and O–H groups in total. The van der Waals surface area contributed by atoms with Gasteiger partial charge in [-0.15, -0.1) is 0 Å². The van der Waals surface area contributed by atoms with Crippen LogP contribution in [0.1, 0.15) is 29.7 Å². The van der Waals surface area contributed by atoms with Gasteiger partial charge in [-0.2, -0.15) is 0 Å². The summed E-state index contributed by atoms with van der Waals surface area (Å²) in [6, 6.07) is 13.0. The van der Waals surface area contributed by atoms with Gasteiger partial charge in [0.15, 0.2) is 0 Å². The summed E-state index contributed by atoms with van der Waals surface area (Å²) in [4.78, 5) is 0. The maximum atomic E-state index is 10.3. The van der Waals surface area contributed by atoms with Gasteiger partial charge in [0, 0.05) is 11.6 Å². The summed E-state index contributed by atoms with van der Waals surface area (Å²) in [5, 5.41) is 33.6. The predicted octanol–water partition coefficient (Wildman–Crippen LogP) is 2.06. The van der Waals surface area contributed by atoms with Crippen molar-refractivity contribution in [3.63, 3.8) is 0 Å². The molecule has 1 fully saturated rings. The van der Waals surface area contributed by atoms with E-state index in [-0.39, 0.29) is 6.54 Å². The van der Waals surface area contributed by atoms with E-state index >= 15 is 0 Å². The third kappa shape index (κ3) is 4.19. The zero-order chi connectivity index (χ0) is 18.7. The summed E-state index contributed by atoms with van der Waals surface area (Å²) < 4.78 is 5.46. The van der Waals surface area contributed by atoms with Gasteiger partial charge in [-0.3, -0.25) is 0 Å². The smallest absolute Gasteiger partial charge is 0.119 e. The van der Waals surface area contributed by atoms with Gasteiger partial charge in [0.05, 0.1) is 18.8 Å². The first-order chi connectivity index (χ1) is 12.5. The van der Waals surface area contributed by atoms with Gasteiger partial charge >= 0.3 is 0 Å². The van der Waals surface area contributed by atoms with E-state index in [1.165, 1.54) is 0 Å². The van der Waals surface area contributed by atoms with Crippen molar-refractivity contribution in [1.82, 2.24) is 5.32 Å². The number of ether oxygens (including phenoxy) is 1. The molecular weight excluding hydrogens is 354 g/mol. The van der Waals surface area contributed by atoms with E-state index in [2.05, 4.69) is 5.32 Å². The van der Waals surface area contributed by atoms with Crippen LogP contribution in [0.2, 0.25) is 5.02 Å². The molecule has 0 spiro atoms. The Morgan fingerprint density at radius 2 is 1.81 bits per heavy atom. The topological polar surface area (TPSA) is 82.0 Å². The van der Waals surface area contributed by atoms with Crippen molar-refractivity contribution in [2.75, 3.05) is 13.2 Å².